The number of aryl methyl sites for hydroxylation is 1. The molecular formula is C21H30N4O2. The molecule has 0 unspecified atom stereocenters. The van der Waals surface area contributed by atoms with E-state index in [1.54, 1.807) is 6.92 Å². The number of rotatable bonds is 6. The normalized spacial score (nSPS) is 12.5. The van der Waals surface area contributed by atoms with Gasteiger partial charge in [0.15, 0.2) is 0 Å². The largest absolute Gasteiger partial charge is 0.350 e. The van der Waals surface area contributed by atoms with Gasteiger partial charge >= 0.3 is 0 Å². The van der Waals surface area contributed by atoms with Gasteiger partial charge in [-0.25, -0.2) is 0 Å². The summed E-state index contributed by atoms with van der Waals surface area (Å²) in [6, 6.07) is 9.56. The number of benzene rings is 1. The molecule has 0 bridgehead atoms. The van der Waals surface area contributed by atoms with Gasteiger partial charge in [0.1, 0.15) is 6.04 Å². The van der Waals surface area contributed by atoms with Crippen molar-refractivity contribution in [2.75, 3.05) is 0 Å². The molecule has 1 heterocycles. The smallest absolute Gasteiger partial charge is 0.242 e. The van der Waals surface area contributed by atoms with Crippen LogP contribution >= 0.6 is 0 Å². The number of amides is 2. The number of carbonyl (C=O) groups excluding carboxylic acids is 2. The monoisotopic (exact) mass is 370 g/mol. The maximum absolute atomic E-state index is 12.3. The summed E-state index contributed by atoms with van der Waals surface area (Å²) >= 11 is 0. The SMILES string of the molecule is Cc1nn(Cc2ccccc2)c(C)c1CNC(=O)[C@H](C)NC(=O)C(C)(C)C. The fraction of sp³-hybridized carbons (Fsp3) is 0.476. The second-order valence-corrected chi connectivity index (χ2v) is 7.96. The van der Waals surface area contributed by atoms with Crippen molar-refractivity contribution in [3.63, 3.8) is 0 Å². The zero-order valence-corrected chi connectivity index (χ0v) is 17.1. The molecule has 0 saturated heterocycles. The molecular weight excluding hydrogens is 340 g/mol. The molecule has 146 valence electrons. The van der Waals surface area contributed by atoms with E-state index >= 15 is 0 Å². The second kappa shape index (κ2) is 8.37. The average molecular weight is 370 g/mol. The molecule has 0 spiro atoms. The predicted octanol–water partition coefficient (Wildman–Crippen LogP) is 2.72. The van der Waals surface area contributed by atoms with Gasteiger partial charge in [-0.05, 0) is 26.3 Å². The van der Waals surface area contributed by atoms with Crippen molar-refractivity contribution in [2.45, 2.75) is 60.7 Å². The Hall–Kier alpha value is -2.63. The second-order valence-electron chi connectivity index (χ2n) is 7.96. The quantitative estimate of drug-likeness (QED) is 0.821. The van der Waals surface area contributed by atoms with Gasteiger partial charge in [0, 0.05) is 23.2 Å². The Balaban J connectivity index is 1.99. The lowest BCUT2D eigenvalue weighted by atomic mass is 9.95. The molecule has 2 N–H and O–H groups in total. The summed E-state index contributed by atoms with van der Waals surface area (Å²) in [5.74, 6) is -0.351. The van der Waals surface area contributed by atoms with Crippen molar-refractivity contribution in [1.29, 1.82) is 0 Å². The Morgan fingerprint density at radius 1 is 1.15 bits per heavy atom. The van der Waals surface area contributed by atoms with E-state index in [1.807, 2.05) is 57.5 Å². The maximum Gasteiger partial charge on any atom is 0.242 e. The Kier molecular flexibility index (Phi) is 6.41. The van der Waals surface area contributed by atoms with E-state index in [4.69, 9.17) is 0 Å². The molecule has 2 rings (SSSR count). The van der Waals surface area contributed by atoms with E-state index in [0.29, 0.717) is 13.1 Å². The topological polar surface area (TPSA) is 76.0 Å². The minimum Gasteiger partial charge on any atom is -0.350 e. The lowest BCUT2D eigenvalue weighted by Crippen LogP contribution is -2.48. The average Bonchev–Trinajstić information content (AvgIpc) is 2.86. The highest BCUT2D eigenvalue weighted by molar-refractivity contribution is 5.89. The molecule has 0 aliphatic rings. The van der Waals surface area contributed by atoms with Gasteiger partial charge in [-0.15, -0.1) is 0 Å². The van der Waals surface area contributed by atoms with Crippen LogP contribution in [0, 0.1) is 19.3 Å². The van der Waals surface area contributed by atoms with Gasteiger partial charge in [-0.1, -0.05) is 51.1 Å². The Labute approximate surface area is 161 Å². The summed E-state index contributed by atoms with van der Waals surface area (Å²) in [4.78, 5) is 24.4. The van der Waals surface area contributed by atoms with Crippen molar-refractivity contribution < 1.29 is 9.59 Å². The Bertz CT molecular complexity index is 804. The van der Waals surface area contributed by atoms with Gasteiger partial charge in [-0.2, -0.15) is 5.10 Å². The van der Waals surface area contributed by atoms with E-state index in [9.17, 15) is 9.59 Å². The van der Waals surface area contributed by atoms with Crippen LogP contribution in [0.15, 0.2) is 30.3 Å². The lowest BCUT2D eigenvalue weighted by Gasteiger charge is -2.21. The molecule has 0 radical (unpaired) electrons. The molecule has 0 aliphatic carbocycles. The highest BCUT2D eigenvalue weighted by atomic mass is 16.2. The van der Waals surface area contributed by atoms with Crippen LogP contribution in [0.3, 0.4) is 0 Å². The summed E-state index contributed by atoms with van der Waals surface area (Å²) in [5, 5.41) is 10.3. The first-order valence-electron chi connectivity index (χ1n) is 9.25. The first-order valence-corrected chi connectivity index (χ1v) is 9.25. The molecule has 1 aromatic heterocycles. The number of hydrogen-bond acceptors (Lipinski definition) is 3. The van der Waals surface area contributed by atoms with Crippen LogP contribution in [-0.2, 0) is 22.7 Å². The van der Waals surface area contributed by atoms with Crippen LogP contribution < -0.4 is 10.6 Å². The highest BCUT2D eigenvalue weighted by Crippen LogP contribution is 2.15. The van der Waals surface area contributed by atoms with E-state index in [-0.39, 0.29) is 11.8 Å². The number of carbonyl (C=O) groups is 2. The molecule has 2 amide bonds. The van der Waals surface area contributed by atoms with Gasteiger partial charge in [-0.3, -0.25) is 14.3 Å². The molecule has 1 aromatic carbocycles. The van der Waals surface area contributed by atoms with E-state index in [0.717, 1.165) is 17.0 Å². The number of hydrogen-bond donors (Lipinski definition) is 2. The summed E-state index contributed by atoms with van der Waals surface area (Å²) in [5.41, 5.74) is 3.59. The minimum atomic E-state index is -0.586. The van der Waals surface area contributed by atoms with E-state index < -0.39 is 11.5 Å². The van der Waals surface area contributed by atoms with Crippen molar-refractivity contribution in [3.8, 4) is 0 Å². The van der Waals surface area contributed by atoms with Crippen LogP contribution in [-0.4, -0.2) is 27.6 Å². The molecule has 6 nitrogen and oxygen atoms in total. The van der Waals surface area contributed by atoms with Crippen LogP contribution in [0.1, 0.15) is 50.2 Å². The standard InChI is InChI=1S/C21H30N4O2/c1-14-18(12-22-19(26)15(2)23-20(27)21(4,5)6)16(3)25(24-14)13-17-10-8-7-9-11-17/h7-11,15H,12-13H2,1-6H3,(H,22,26)(H,23,27)/t15-/m0/s1. The number of nitrogens with one attached hydrogen (secondary N) is 2. The third-order valence-corrected chi connectivity index (χ3v) is 4.57. The minimum absolute atomic E-state index is 0.145. The molecule has 1 atom stereocenters. The first kappa shape index (κ1) is 20.7. The van der Waals surface area contributed by atoms with Crippen molar-refractivity contribution in [2.24, 2.45) is 5.41 Å². The van der Waals surface area contributed by atoms with E-state index in [1.165, 1.54) is 5.56 Å². The molecule has 27 heavy (non-hydrogen) atoms. The molecule has 0 saturated carbocycles. The highest BCUT2D eigenvalue weighted by Gasteiger charge is 2.25. The number of nitrogens with zero attached hydrogens (tertiary/aromatic N) is 2. The molecule has 0 aliphatic heterocycles. The van der Waals surface area contributed by atoms with Crippen molar-refractivity contribution >= 4 is 11.8 Å². The first-order chi connectivity index (χ1) is 12.6. The number of aromatic nitrogens is 2. The van der Waals surface area contributed by atoms with Crippen molar-refractivity contribution in [3.05, 3.63) is 52.8 Å². The lowest BCUT2D eigenvalue weighted by molar-refractivity contribution is -0.133. The van der Waals surface area contributed by atoms with Gasteiger partial charge in [0.25, 0.3) is 0 Å². The van der Waals surface area contributed by atoms with Crippen LogP contribution in [0.2, 0.25) is 0 Å². The zero-order valence-electron chi connectivity index (χ0n) is 17.1. The van der Waals surface area contributed by atoms with Gasteiger partial charge in [0.2, 0.25) is 11.8 Å². The van der Waals surface area contributed by atoms with Crippen LogP contribution in [0.4, 0.5) is 0 Å². The summed E-state index contributed by atoms with van der Waals surface area (Å²) < 4.78 is 1.96. The van der Waals surface area contributed by atoms with Crippen LogP contribution in [0.5, 0.6) is 0 Å². The Morgan fingerprint density at radius 3 is 2.37 bits per heavy atom. The third-order valence-electron chi connectivity index (χ3n) is 4.57. The van der Waals surface area contributed by atoms with Gasteiger partial charge < -0.3 is 10.6 Å². The third kappa shape index (κ3) is 5.42. The molecule has 2 aromatic rings. The summed E-state index contributed by atoms with van der Waals surface area (Å²) in [6.45, 7) is 12.2. The summed E-state index contributed by atoms with van der Waals surface area (Å²) in [7, 11) is 0. The van der Waals surface area contributed by atoms with Gasteiger partial charge in [0.05, 0.1) is 12.2 Å². The van der Waals surface area contributed by atoms with E-state index in [2.05, 4.69) is 27.9 Å². The summed E-state index contributed by atoms with van der Waals surface area (Å²) in [6.07, 6.45) is 0. The fourth-order valence-electron chi connectivity index (χ4n) is 2.71. The van der Waals surface area contributed by atoms with Crippen molar-refractivity contribution in [1.82, 2.24) is 20.4 Å². The molecule has 0 fully saturated rings. The Morgan fingerprint density at radius 2 is 1.78 bits per heavy atom. The predicted molar refractivity (Wildman–Crippen MR) is 106 cm³/mol. The zero-order chi connectivity index (χ0) is 20.2. The fourth-order valence-corrected chi connectivity index (χ4v) is 2.71. The maximum atomic E-state index is 12.3. The molecule has 6 heteroatoms. The van der Waals surface area contributed by atoms with Crippen LogP contribution in [0.25, 0.3) is 0 Å².